The molecule has 0 saturated carbocycles. The van der Waals surface area contributed by atoms with E-state index in [2.05, 4.69) is 12.2 Å². The van der Waals surface area contributed by atoms with Gasteiger partial charge in [0.2, 0.25) is 0 Å². The van der Waals surface area contributed by atoms with Gasteiger partial charge in [0, 0.05) is 31.8 Å². The summed E-state index contributed by atoms with van der Waals surface area (Å²) in [4.78, 5) is 14.4. The maximum absolute atomic E-state index is 12.5. The first-order chi connectivity index (χ1) is 11.6. The molecule has 1 saturated heterocycles. The molecule has 1 aromatic carbocycles. The van der Waals surface area contributed by atoms with Crippen molar-refractivity contribution in [2.75, 3.05) is 38.7 Å². The molecule has 0 aromatic heterocycles. The Morgan fingerprint density at radius 1 is 1.42 bits per heavy atom. The van der Waals surface area contributed by atoms with Crippen molar-refractivity contribution in [2.45, 2.75) is 39.5 Å². The number of likely N-dealkylation sites (tertiary alicyclic amines) is 1. The van der Waals surface area contributed by atoms with Gasteiger partial charge in [-0.3, -0.25) is 0 Å². The van der Waals surface area contributed by atoms with Crippen LogP contribution in [0.2, 0.25) is 0 Å². The number of carbonyl (C=O) groups excluding carboxylic acids is 1. The van der Waals surface area contributed by atoms with Crippen molar-refractivity contribution in [3.05, 3.63) is 23.8 Å². The first-order valence-electron chi connectivity index (χ1n) is 8.92. The van der Waals surface area contributed by atoms with E-state index in [0.717, 1.165) is 62.4 Å². The number of carbonyl (C=O) groups is 1. The molecule has 2 amide bonds. The molecule has 0 unspecified atom stereocenters. The summed E-state index contributed by atoms with van der Waals surface area (Å²) in [5, 5.41) is 3.03. The summed E-state index contributed by atoms with van der Waals surface area (Å²) in [5.41, 5.74) is 1.86. The Bertz CT molecular complexity index is 531. The summed E-state index contributed by atoms with van der Waals surface area (Å²) in [6.07, 6.45) is 4.33. The first-order valence-corrected chi connectivity index (χ1v) is 8.92. The Labute approximate surface area is 145 Å². The van der Waals surface area contributed by atoms with Gasteiger partial charge in [-0.1, -0.05) is 13.3 Å². The summed E-state index contributed by atoms with van der Waals surface area (Å²) in [6, 6.07) is 5.79. The van der Waals surface area contributed by atoms with E-state index in [9.17, 15) is 4.79 Å². The molecule has 1 aliphatic rings. The van der Waals surface area contributed by atoms with Gasteiger partial charge in [-0.2, -0.15) is 0 Å². The molecule has 0 spiro atoms. The number of ether oxygens (including phenoxy) is 2. The van der Waals surface area contributed by atoms with E-state index in [1.165, 1.54) is 0 Å². The zero-order chi connectivity index (χ0) is 17.4. The summed E-state index contributed by atoms with van der Waals surface area (Å²) in [5.74, 6) is 1.29. The maximum Gasteiger partial charge on any atom is 0.321 e. The van der Waals surface area contributed by atoms with Crippen LogP contribution in [0.5, 0.6) is 5.75 Å². The topological polar surface area (TPSA) is 50.8 Å². The van der Waals surface area contributed by atoms with Crippen molar-refractivity contribution >= 4 is 11.7 Å². The van der Waals surface area contributed by atoms with E-state index in [1.54, 1.807) is 7.11 Å². The highest BCUT2D eigenvalue weighted by molar-refractivity contribution is 5.90. The van der Waals surface area contributed by atoms with Crippen molar-refractivity contribution in [3.63, 3.8) is 0 Å². The lowest BCUT2D eigenvalue weighted by atomic mass is 9.99. The van der Waals surface area contributed by atoms with Crippen LogP contribution in [0.1, 0.15) is 38.2 Å². The number of rotatable bonds is 7. The molecule has 1 aliphatic heterocycles. The fourth-order valence-corrected chi connectivity index (χ4v) is 3.02. The van der Waals surface area contributed by atoms with E-state index in [0.29, 0.717) is 12.5 Å². The Balaban J connectivity index is 1.91. The second-order valence-electron chi connectivity index (χ2n) is 6.52. The molecule has 134 valence electrons. The molecule has 0 aliphatic carbocycles. The summed E-state index contributed by atoms with van der Waals surface area (Å²) in [6.45, 7) is 7.15. The van der Waals surface area contributed by atoms with E-state index in [1.807, 2.05) is 30.0 Å². The Hall–Kier alpha value is -1.75. The quantitative estimate of drug-likeness (QED) is 0.765. The van der Waals surface area contributed by atoms with Gasteiger partial charge in [-0.05, 0) is 49.9 Å². The molecule has 0 bridgehead atoms. The Morgan fingerprint density at radius 2 is 2.25 bits per heavy atom. The number of piperidine rings is 1. The largest absolute Gasteiger partial charge is 0.494 e. The first kappa shape index (κ1) is 18.6. The second-order valence-corrected chi connectivity index (χ2v) is 6.52. The number of hydrogen-bond acceptors (Lipinski definition) is 3. The lowest BCUT2D eigenvalue weighted by Gasteiger charge is -2.32. The van der Waals surface area contributed by atoms with E-state index >= 15 is 0 Å². The molecule has 1 N–H and O–H groups in total. The van der Waals surface area contributed by atoms with Gasteiger partial charge in [-0.15, -0.1) is 0 Å². The van der Waals surface area contributed by atoms with Gasteiger partial charge >= 0.3 is 6.03 Å². The van der Waals surface area contributed by atoms with Gasteiger partial charge in [-0.25, -0.2) is 4.79 Å². The zero-order valence-electron chi connectivity index (χ0n) is 15.1. The number of unbranched alkanes of at least 4 members (excludes halogenated alkanes) is 1. The lowest BCUT2D eigenvalue weighted by Crippen LogP contribution is -2.43. The molecule has 24 heavy (non-hydrogen) atoms. The molecule has 5 nitrogen and oxygen atoms in total. The van der Waals surface area contributed by atoms with Crippen molar-refractivity contribution in [3.8, 4) is 5.75 Å². The molecular formula is C19H30N2O3. The minimum atomic E-state index is -0.0291. The third kappa shape index (κ3) is 5.41. The number of hydrogen-bond donors (Lipinski definition) is 1. The predicted octanol–water partition coefficient (Wildman–Crippen LogP) is 4.06. The lowest BCUT2D eigenvalue weighted by molar-refractivity contribution is 0.104. The third-order valence-corrected chi connectivity index (χ3v) is 4.41. The Kier molecular flexibility index (Phi) is 7.37. The predicted molar refractivity (Wildman–Crippen MR) is 96.8 cm³/mol. The molecule has 1 atom stereocenters. The third-order valence-electron chi connectivity index (χ3n) is 4.41. The molecule has 5 heteroatoms. The normalized spacial score (nSPS) is 17.6. The standard InChI is InChI=1S/C19H30N2O3/c1-4-5-11-24-17-8-9-18(15(2)12-17)20-19(22)21-10-6-7-16(13-21)14-23-3/h8-9,12,16H,4-7,10-11,13-14H2,1-3H3,(H,20,22)/t16-/m0/s1. The van der Waals surface area contributed by atoms with Crippen LogP contribution in [-0.4, -0.2) is 44.3 Å². The van der Waals surface area contributed by atoms with Gasteiger partial charge < -0.3 is 19.7 Å². The van der Waals surface area contributed by atoms with Crippen molar-refractivity contribution in [2.24, 2.45) is 5.92 Å². The van der Waals surface area contributed by atoms with Gasteiger partial charge in [0.25, 0.3) is 0 Å². The van der Waals surface area contributed by atoms with Crippen LogP contribution in [0, 0.1) is 12.8 Å². The smallest absolute Gasteiger partial charge is 0.321 e. The van der Waals surface area contributed by atoms with Gasteiger partial charge in [0.05, 0.1) is 13.2 Å². The van der Waals surface area contributed by atoms with Crippen LogP contribution in [0.25, 0.3) is 0 Å². The maximum atomic E-state index is 12.5. The summed E-state index contributed by atoms with van der Waals surface area (Å²) in [7, 11) is 1.71. The molecule has 2 rings (SSSR count). The highest BCUT2D eigenvalue weighted by Gasteiger charge is 2.23. The number of nitrogens with zero attached hydrogens (tertiary/aromatic N) is 1. The van der Waals surface area contributed by atoms with Crippen LogP contribution in [0.3, 0.4) is 0 Å². The second kappa shape index (κ2) is 9.52. The van der Waals surface area contributed by atoms with Crippen LogP contribution in [0.15, 0.2) is 18.2 Å². The number of amides is 2. The molecular weight excluding hydrogens is 304 g/mol. The average Bonchev–Trinajstić information content (AvgIpc) is 2.58. The average molecular weight is 334 g/mol. The number of nitrogens with one attached hydrogen (secondary N) is 1. The van der Waals surface area contributed by atoms with E-state index < -0.39 is 0 Å². The van der Waals surface area contributed by atoms with Crippen LogP contribution in [0.4, 0.5) is 10.5 Å². The van der Waals surface area contributed by atoms with Gasteiger partial charge in [0.1, 0.15) is 5.75 Å². The number of aryl methyl sites for hydroxylation is 1. The van der Waals surface area contributed by atoms with Crippen molar-refractivity contribution in [1.29, 1.82) is 0 Å². The van der Waals surface area contributed by atoms with Crippen LogP contribution >= 0.6 is 0 Å². The molecule has 1 heterocycles. The molecule has 0 radical (unpaired) electrons. The highest BCUT2D eigenvalue weighted by atomic mass is 16.5. The number of urea groups is 1. The van der Waals surface area contributed by atoms with Crippen molar-refractivity contribution in [1.82, 2.24) is 4.90 Å². The van der Waals surface area contributed by atoms with E-state index in [4.69, 9.17) is 9.47 Å². The van der Waals surface area contributed by atoms with Gasteiger partial charge in [0.15, 0.2) is 0 Å². The van der Waals surface area contributed by atoms with E-state index in [-0.39, 0.29) is 6.03 Å². The summed E-state index contributed by atoms with van der Waals surface area (Å²) < 4.78 is 10.9. The Morgan fingerprint density at radius 3 is 2.96 bits per heavy atom. The fourth-order valence-electron chi connectivity index (χ4n) is 3.02. The number of anilines is 1. The zero-order valence-corrected chi connectivity index (χ0v) is 15.1. The monoisotopic (exact) mass is 334 g/mol. The number of methoxy groups -OCH3 is 1. The fraction of sp³-hybridized carbons (Fsp3) is 0.632. The van der Waals surface area contributed by atoms with Crippen molar-refractivity contribution < 1.29 is 14.3 Å². The molecule has 1 fully saturated rings. The summed E-state index contributed by atoms with van der Waals surface area (Å²) >= 11 is 0. The van der Waals surface area contributed by atoms with Crippen LogP contribution in [-0.2, 0) is 4.74 Å². The number of benzene rings is 1. The van der Waals surface area contributed by atoms with Crippen LogP contribution < -0.4 is 10.1 Å². The minimum Gasteiger partial charge on any atom is -0.494 e. The minimum absolute atomic E-state index is 0.0291. The highest BCUT2D eigenvalue weighted by Crippen LogP contribution is 2.23. The SMILES string of the molecule is CCCCOc1ccc(NC(=O)N2CCC[C@H](COC)C2)c(C)c1. The molecule has 1 aromatic rings.